The number of halogens is 3. The van der Waals surface area contributed by atoms with Gasteiger partial charge in [-0.15, -0.1) is 0 Å². The minimum atomic E-state index is -4.01. The first-order chi connectivity index (χ1) is 9.70. The molecule has 0 aliphatic carbocycles. The minimum Gasteiger partial charge on any atom is -0.398 e. The summed E-state index contributed by atoms with van der Waals surface area (Å²) in [6.45, 7) is 1.51. The Morgan fingerprint density at radius 1 is 1.14 bits per heavy atom. The smallest absolute Gasteiger partial charge is 0.263 e. The first-order valence-corrected chi connectivity index (χ1v) is 8.02. The molecule has 0 saturated heterocycles. The van der Waals surface area contributed by atoms with Crippen molar-refractivity contribution in [1.29, 1.82) is 0 Å². The van der Waals surface area contributed by atoms with E-state index < -0.39 is 21.7 Å². The summed E-state index contributed by atoms with van der Waals surface area (Å²) in [4.78, 5) is -0.266. The van der Waals surface area contributed by atoms with E-state index in [9.17, 15) is 17.2 Å². The average molecular weight is 377 g/mol. The molecule has 0 bridgehead atoms. The SMILES string of the molecule is Cc1cc(NS(=O)(=O)c2cc(Br)c(F)cc2N)ccc1F. The first kappa shape index (κ1) is 15.7. The van der Waals surface area contributed by atoms with Crippen LogP contribution < -0.4 is 10.5 Å². The monoisotopic (exact) mass is 376 g/mol. The van der Waals surface area contributed by atoms with Crippen LogP contribution in [0, 0.1) is 18.6 Å². The standard InChI is InChI=1S/C13H11BrF2N2O2S/c1-7-4-8(2-3-10(7)15)18-21(19,20)13-5-9(14)11(16)6-12(13)17/h2-6,18H,17H2,1H3. The van der Waals surface area contributed by atoms with E-state index in [4.69, 9.17) is 5.73 Å². The molecular weight excluding hydrogens is 366 g/mol. The highest BCUT2D eigenvalue weighted by Gasteiger charge is 2.20. The van der Waals surface area contributed by atoms with Crippen molar-refractivity contribution in [2.75, 3.05) is 10.5 Å². The lowest BCUT2D eigenvalue weighted by Gasteiger charge is -2.11. The lowest BCUT2D eigenvalue weighted by atomic mass is 10.2. The molecule has 8 heteroatoms. The second-order valence-electron chi connectivity index (χ2n) is 4.37. The van der Waals surface area contributed by atoms with Gasteiger partial charge < -0.3 is 5.73 Å². The van der Waals surface area contributed by atoms with Crippen molar-refractivity contribution in [3.8, 4) is 0 Å². The Balaban J connectivity index is 2.43. The third-order valence-corrected chi connectivity index (χ3v) is 4.80. The number of nitrogen functional groups attached to an aromatic ring is 1. The summed E-state index contributed by atoms with van der Waals surface area (Å²) >= 11 is 2.91. The molecule has 0 aliphatic heterocycles. The van der Waals surface area contributed by atoms with Crippen molar-refractivity contribution in [3.63, 3.8) is 0 Å². The van der Waals surface area contributed by atoms with Crippen molar-refractivity contribution in [1.82, 2.24) is 0 Å². The highest BCUT2D eigenvalue weighted by atomic mass is 79.9. The highest BCUT2D eigenvalue weighted by Crippen LogP contribution is 2.28. The molecule has 0 fully saturated rings. The number of hydrogen-bond acceptors (Lipinski definition) is 3. The normalized spacial score (nSPS) is 11.4. The van der Waals surface area contributed by atoms with Gasteiger partial charge in [-0.05, 0) is 58.7 Å². The fourth-order valence-electron chi connectivity index (χ4n) is 1.70. The minimum absolute atomic E-state index is 0.0210. The van der Waals surface area contributed by atoms with Gasteiger partial charge in [-0.1, -0.05) is 0 Å². The molecule has 0 amide bonds. The summed E-state index contributed by atoms with van der Waals surface area (Å²) in [5.41, 5.74) is 5.81. The summed E-state index contributed by atoms with van der Waals surface area (Å²) in [5, 5.41) is 0. The molecule has 112 valence electrons. The molecule has 2 aromatic rings. The average Bonchev–Trinajstić information content (AvgIpc) is 2.37. The lowest BCUT2D eigenvalue weighted by molar-refractivity contribution is 0.599. The van der Waals surface area contributed by atoms with Crippen LogP contribution in [0.5, 0.6) is 0 Å². The van der Waals surface area contributed by atoms with E-state index in [2.05, 4.69) is 20.7 Å². The van der Waals surface area contributed by atoms with Crippen molar-refractivity contribution in [2.24, 2.45) is 0 Å². The Kier molecular flexibility index (Phi) is 4.20. The van der Waals surface area contributed by atoms with Crippen LogP contribution >= 0.6 is 15.9 Å². The third-order valence-electron chi connectivity index (χ3n) is 2.75. The van der Waals surface area contributed by atoms with Crippen LogP contribution in [0.25, 0.3) is 0 Å². The van der Waals surface area contributed by atoms with Gasteiger partial charge in [-0.3, -0.25) is 4.72 Å². The van der Waals surface area contributed by atoms with Crippen LogP contribution in [0.3, 0.4) is 0 Å². The van der Waals surface area contributed by atoms with Crippen molar-refractivity contribution in [3.05, 3.63) is 52.0 Å². The molecule has 0 atom stereocenters. The van der Waals surface area contributed by atoms with E-state index >= 15 is 0 Å². The number of aryl methyl sites for hydroxylation is 1. The third kappa shape index (κ3) is 3.33. The number of benzene rings is 2. The van der Waals surface area contributed by atoms with Gasteiger partial charge >= 0.3 is 0 Å². The Bertz CT molecular complexity index is 810. The van der Waals surface area contributed by atoms with Gasteiger partial charge in [-0.2, -0.15) is 0 Å². The highest BCUT2D eigenvalue weighted by molar-refractivity contribution is 9.10. The van der Waals surface area contributed by atoms with Crippen molar-refractivity contribution >= 4 is 37.3 Å². The maximum atomic E-state index is 13.3. The van der Waals surface area contributed by atoms with Crippen LogP contribution in [0.1, 0.15) is 5.56 Å². The van der Waals surface area contributed by atoms with Gasteiger partial charge in [0.2, 0.25) is 0 Å². The fraction of sp³-hybridized carbons (Fsp3) is 0.0769. The zero-order valence-corrected chi connectivity index (χ0v) is 13.2. The number of hydrogen-bond donors (Lipinski definition) is 2. The number of nitrogens with two attached hydrogens (primary N) is 1. The van der Waals surface area contributed by atoms with E-state index in [1.807, 2.05) is 0 Å². The molecule has 21 heavy (non-hydrogen) atoms. The maximum Gasteiger partial charge on any atom is 0.263 e. The predicted molar refractivity (Wildman–Crippen MR) is 80.5 cm³/mol. The van der Waals surface area contributed by atoms with E-state index in [0.717, 1.165) is 18.2 Å². The summed E-state index contributed by atoms with van der Waals surface area (Å²) < 4.78 is 53.2. The Morgan fingerprint density at radius 2 is 1.81 bits per heavy atom. The summed E-state index contributed by atoms with van der Waals surface area (Å²) in [7, 11) is -4.01. The van der Waals surface area contributed by atoms with Gasteiger partial charge in [0.1, 0.15) is 16.5 Å². The molecule has 4 nitrogen and oxygen atoms in total. The quantitative estimate of drug-likeness (QED) is 0.806. The van der Waals surface area contributed by atoms with Gasteiger partial charge in [0.05, 0.1) is 10.2 Å². The molecular formula is C13H11BrF2N2O2S. The second kappa shape index (κ2) is 5.61. The van der Waals surface area contributed by atoms with Crippen LogP contribution in [-0.2, 0) is 10.0 Å². The molecule has 0 radical (unpaired) electrons. The number of sulfonamides is 1. The lowest BCUT2D eigenvalue weighted by Crippen LogP contribution is -2.15. The zero-order valence-electron chi connectivity index (χ0n) is 10.8. The van der Waals surface area contributed by atoms with Crippen LogP contribution in [0.4, 0.5) is 20.2 Å². The number of nitrogens with one attached hydrogen (secondary N) is 1. The molecule has 0 heterocycles. The van der Waals surface area contributed by atoms with E-state index in [1.165, 1.54) is 19.1 Å². The van der Waals surface area contributed by atoms with Crippen molar-refractivity contribution < 1.29 is 17.2 Å². The Morgan fingerprint density at radius 3 is 2.43 bits per heavy atom. The second-order valence-corrected chi connectivity index (χ2v) is 6.88. The van der Waals surface area contributed by atoms with E-state index in [-0.39, 0.29) is 20.7 Å². The molecule has 0 spiro atoms. The molecule has 0 aromatic heterocycles. The topological polar surface area (TPSA) is 72.2 Å². The maximum absolute atomic E-state index is 13.3. The first-order valence-electron chi connectivity index (χ1n) is 5.74. The van der Waals surface area contributed by atoms with E-state index in [0.29, 0.717) is 5.56 Å². The van der Waals surface area contributed by atoms with Gasteiger partial charge in [0.25, 0.3) is 10.0 Å². The molecule has 0 aliphatic rings. The molecule has 2 rings (SSSR count). The number of anilines is 2. The largest absolute Gasteiger partial charge is 0.398 e. The summed E-state index contributed by atoms with van der Waals surface area (Å²) in [5.74, 6) is -1.11. The Labute approximate surface area is 129 Å². The Hall–Kier alpha value is -1.67. The van der Waals surface area contributed by atoms with Crippen LogP contribution in [0.2, 0.25) is 0 Å². The van der Waals surface area contributed by atoms with Crippen LogP contribution in [0.15, 0.2) is 39.7 Å². The molecule has 2 aromatic carbocycles. The van der Waals surface area contributed by atoms with Crippen LogP contribution in [-0.4, -0.2) is 8.42 Å². The molecule has 0 saturated carbocycles. The van der Waals surface area contributed by atoms with Gasteiger partial charge in [-0.25, -0.2) is 17.2 Å². The van der Waals surface area contributed by atoms with Gasteiger partial charge in [0, 0.05) is 5.69 Å². The number of rotatable bonds is 3. The molecule has 0 unspecified atom stereocenters. The predicted octanol–water partition coefficient (Wildman–Crippen LogP) is 3.42. The summed E-state index contributed by atoms with van der Waals surface area (Å²) in [6.07, 6.45) is 0. The van der Waals surface area contributed by atoms with Crippen molar-refractivity contribution in [2.45, 2.75) is 11.8 Å². The zero-order chi connectivity index (χ0) is 15.8. The van der Waals surface area contributed by atoms with Gasteiger partial charge in [0.15, 0.2) is 0 Å². The molecule has 3 N–H and O–H groups in total. The summed E-state index contributed by atoms with van der Waals surface area (Å²) in [6, 6.07) is 5.77. The van der Waals surface area contributed by atoms with E-state index in [1.54, 1.807) is 0 Å². The fourth-order valence-corrected chi connectivity index (χ4v) is 3.38.